The summed E-state index contributed by atoms with van der Waals surface area (Å²) >= 11 is 0. The quantitative estimate of drug-likeness (QED) is 0.620. The van der Waals surface area contributed by atoms with E-state index >= 15 is 0 Å². The summed E-state index contributed by atoms with van der Waals surface area (Å²) in [5.41, 5.74) is 2.72. The van der Waals surface area contributed by atoms with Crippen molar-refractivity contribution in [3.05, 3.63) is 29.8 Å². The molecule has 0 heterocycles. The van der Waals surface area contributed by atoms with Gasteiger partial charge in [-0.1, -0.05) is 25.1 Å². The van der Waals surface area contributed by atoms with Gasteiger partial charge in [0.2, 0.25) is 0 Å². The number of rotatable bonds is 2. The third-order valence-electron chi connectivity index (χ3n) is 1.67. The lowest BCUT2D eigenvalue weighted by molar-refractivity contribution is 1.14. The van der Waals surface area contributed by atoms with Crippen molar-refractivity contribution in [2.24, 2.45) is 0 Å². The molecule has 0 saturated carbocycles. The van der Waals surface area contributed by atoms with Crippen LogP contribution in [0.4, 0.5) is 5.69 Å². The Hall–Kier alpha value is -0.763. The number of nitrogens with one attached hydrogen (secondary N) is 1. The Morgan fingerprint density at radius 2 is 2.10 bits per heavy atom. The normalized spacial score (nSPS) is 9.70. The standard InChI is InChI=1S/C8H13NSi/c1-2-7-5-3-4-6-8(7)9-10/h3-6,9H,2H2,1,10H3. The monoisotopic (exact) mass is 151 g/mol. The smallest absolute Gasteiger partial charge is 0.104 e. The second-order valence-corrected chi connectivity index (χ2v) is 2.76. The maximum absolute atomic E-state index is 3.29. The van der Waals surface area contributed by atoms with Crippen molar-refractivity contribution in [1.29, 1.82) is 0 Å². The predicted octanol–water partition coefficient (Wildman–Crippen LogP) is 0.941. The second kappa shape index (κ2) is 3.42. The maximum atomic E-state index is 3.29. The van der Waals surface area contributed by atoms with Crippen molar-refractivity contribution in [1.82, 2.24) is 0 Å². The summed E-state index contributed by atoms with van der Waals surface area (Å²) in [4.78, 5) is 3.29. The molecule has 0 spiro atoms. The highest BCUT2D eigenvalue weighted by atomic mass is 28.2. The molecule has 0 bridgehead atoms. The van der Waals surface area contributed by atoms with Crippen LogP contribution < -0.4 is 4.98 Å². The fourth-order valence-electron chi connectivity index (χ4n) is 1.07. The Bertz CT molecular complexity index is 187. The summed E-state index contributed by atoms with van der Waals surface area (Å²) < 4.78 is 0. The average molecular weight is 151 g/mol. The molecule has 0 aromatic heterocycles. The first-order valence-electron chi connectivity index (χ1n) is 3.64. The van der Waals surface area contributed by atoms with Gasteiger partial charge in [-0.2, -0.15) is 0 Å². The van der Waals surface area contributed by atoms with Crippen LogP contribution in [0.15, 0.2) is 24.3 Å². The molecule has 0 unspecified atom stereocenters. The molecule has 0 aliphatic carbocycles. The Labute approximate surface area is 65.0 Å². The van der Waals surface area contributed by atoms with Gasteiger partial charge in [-0.25, -0.2) is 0 Å². The van der Waals surface area contributed by atoms with Gasteiger partial charge in [-0.05, 0) is 18.1 Å². The van der Waals surface area contributed by atoms with Crippen LogP contribution in [0.25, 0.3) is 0 Å². The van der Waals surface area contributed by atoms with Gasteiger partial charge >= 0.3 is 0 Å². The van der Waals surface area contributed by atoms with Crippen LogP contribution in [0.1, 0.15) is 12.5 Å². The SMILES string of the molecule is CCc1ccccc1N[SiH3]. The lowest BCUT2D eigenvalue weighted by Crippen LogP contribution is -1.94. The number of hydrogen-bond donors (Lipinski definition) is 1. The van der Waals surface area contributed by atoms with E-state index in [1.807, 2.05) is 0 Å². The fraction of sp³-hybridized carbons (Fsp3) is 0.250. The van der Waals surface area contributed by atoms with Crippen LogP contribution in [0.5, 0.6) is 0 Å². The molecule has 1 N–H and O–H groups in total. The molecule has 0 aliphatic heterocycles. The molecule has 0 fully saturated rings. The van der Waals surface area contributed by atoms with Crippen molar-refractivity contribution in [3.63, 3.8) is 0 Å². The Morgan fingerprint density at radius 3 is 2.60 bits per heavy atom. The molecular weight excluding hydrogens is 138 g/mol. The number of anilines is 1. The van der Waals surface area contributed by atoms with Gasteiger partial charge in [0.25, 0.3) is 0 Å². The number of para-hydroxylation sites is 1. The first-order chi connectivity index (χ1) is 4.88. The first kappa shape index (κ1) is 7.35. The highest BCUT2D eigenvalue weighted by molar-refractivity contribution is 6.16. The highest BCUT2D eigenvalue weighted by Gasteiger charge is 1.93. The maximum Gasteiger partial charge on any atom is 0.104 e. The zero-order valence-corrected chi connectivity index (χ0v) is 8.52. The van der Waals surface area contributed by atoms with Crippen molar-refractivity contribution < 1.29 is 0 Å². The average Bonchev–Trinajstić information content (AvgIpc) is 2.04. The topological polar surface area (TPSA) is 12.0 Å². The van der Waals surface area contributed by atoms with E-state index in [1.165, 1.54) is 11.3 Å². The van der Waals surface area contributed by atoms with Gasteiger partial charge in [0.05, 0.1) is 0 Å². The molecule has 0 aliphatic rings. The molecule has 0 atom stereocenters. The number of hydrogen-bond acceptors (Lipinski definition) is 1. The van der Waals surface area contributed by atoms with E-state index in [9.17, 15) is 0 Å². The van der Waals surface area contributed by atoms with Crippen LogP contribution in [0, 0.1) is 0 Å². The minimum atomic E-state index is 1.03. The molecule has 0 saturated heterocycles. The van der Waals surface area contributed by atoms with Crippen LogP contribution in [0.3, 0.4) is 0 Å². The molecule has 1 nitrogen and oxygen atoms in total. The molecule has 0 radical (unpaired) electrons. The minimum Gasteiger partial charge on any atom is -0.419 e. The molecule has 1 aromatic rings. The molecule has 2 heteroatoms. The van der Waals surface area contributed by atoms with E-state index in [0.717, 1.165) is 16.8 Å². The van der Waals surface area contributed by atoms with Gasteiger partial charge < -0.3 is 4.98 Å². The van der Waals surface area contributed by atoms with Crippen LogP contribution in [-0.2, 0) is 6.42 Å². The lowest BCUT2D eigenvalue weighted by atomic mass is 10.1. The highest BCUT2D eigenvalue weighted by Crippen LogP contribution is 2.13. The Balaban J connectivity index is 2.96. The molecule has 54 valence electrons. The van der Waals surface area contributed by atoms with Gasteiger partial charge in [0, 0.05) is 5.69 Å². The number of aryl methyl sites for hydroxylation is 1. The lowest BCUT2D eigenvalue weighted by Gasteiger charge is -2.04. The fourth-order valence-corrected chi connectivity index (χ4v) is 1.56. The van der Waals surface area contributed by atoms with Crippen molar-refractivity contribution in [2.75, 3.05) is 4.98 Å². The van der Waals surface area contributed by atoms with E-state index in [2.05, 4.69) is 36.2 Å². The molecule has 0 amide bonds. The van der Waals surface area contributed by atoms with Gasteiger partial charge in [0.1, 0.15) is 10.4 Å². The summed E-state index contributed by atoms with van der Waals surface area (Å²) in [5, 5.41) is 0. The van der Waals surface area contributed by atoms with Crippen LogP contribution >= 0.6 is 0 Å². The van der Waals surface area contributed by atoms with E-state index in [4.69, 9.17) is 0 Å². The molecule has 1 rings (SSSR count). The summed E-state index contributed by atoms with van der Waals surface area (Å²) in [6, 6.07) is 8.45. The van der Waals surface area contributed by atoms with E-state index < -0.39 is 0 Å². The van der Waals surface area contributed by atoms with Crippen molar-refractivity contribution in [2.45, 2.75) is 13.3 Å². The van der Waals surface area contributed by atoms with Crippen LogP contribution in [-0.4, -0.2) is 10.4 Å². The zero-order valence-electron chi connectivity index (χ0n) is 6.52. The first-order valence-corrected chi connectivity index (χ1v) is 4.64. The molecular formula is C8H13NSi. The summed E-state index contributed by atoms with van der Waals surface area (Å²) in [7, 11) is 1.03. The third-order valence-corrected chi connectivity index (χ3v) is 2.21. The third kappa shape index (κ3) is 1.39. The van der Waals surface area contributed by atoms with Gasteiger partial charge in [0.15, 0.2) is 0 Å². The van der Waals surface area contributed by atoms with Gasteiger partial charge in [-0.3, -0.25) is 0 Å². The predicted molar refractivity (Wildman–Crippen MR) is 49.4 cm³/mol. The second-order valence-electron chi connectivity index (χ2n) is 2.26. The summed E-state index contributed by atoms with van der Waals surface area (Å²) in [5.74, 6) is 0. The summed E-state index contributed by atoms with van der Waals surface area (Å²) in [6.45, 7) is 2.18. The van der Waals surface area contributed by atoms with E-state index in [0.29, 0.717) is 0 Å². The van der Waals surface area contributed by atoms with E-state index in [-0.39, 0.29) is 0 Å². The van der Waals surface area contributed by atoms with Crippen molar-refractivity contribution in [3.8, 4) is 0 Å². The molecule has 1 aromatic carbocycles. The molecule has 10 heavy (non-hydrogen) atoms. The Kier molecular flexibility index (Phi) is 2.51. The summed E-state index contributed by atoms with van der Waals surface area (Å²) in [6.07, 6.45) is 1.12. The Morgan fingerprint density at radius 1 is 1.40 bits per heavy atom. The van der Waals surface area contributed by atoms with Crippen LogP contribution in [0.2, 0.25) is 0 Å². The largest absolute Gasteiger partial charge is 0.419 e. The zero-order chi connectivity index (χ0) is 7.40. The van der Waals surface area contributed by atoms with Crippen molar-refractivity contribution >= 4 is 16.1 Å². The van der Waals surface area contributed by atoms with Gasteiger partial charge in [-0.15, -0.1) is 0 Å². The number of benzene rings is 1. The van der Waals surface area contributed by atoms with E-state index in [1.54, 1.807) is 0 Å². The minimum absolute atomic E-state index is 1.03.